The molecule has 0 bridgehead atoms. The first-order valence-electron chi connectivity index (χ1n) is 4.39. The van der Waals surface area contributed by atoms with E-state index in [1.54, 1.807) is 7.11 Å². The first-order chi connectivity index (χ1) is 6.77. The summed E-state index contributed by atoms with van der Waals surface area (Å²) in [5.41, 5.74) is 0. The van der Waals surface area contributed by atoms with Gasteiger partial charge in [-0.05, 0) is 0 Å². The summed E-state index contributed by atoms with van der Waals surface area (Å²) in [4.78, 5) is 0. The third kappa shape index (κ3) is 11.8. The van der Waals surface area contributed by atoms with Gasteiger partial charge in [-0.15, -0.1) is 0 Å². The number of hydrogen-bond donors (Lipinski definition) is 2. The Labute approximate surface area is 83.9 Å². The van der Waals surface area contributed by atoms with Crippen LogP contribution in [-0.4, -0.2) is 64.1 Å². The molecule has 0 aliphatic carbocycles. The number of rotatable bonds is 10. The normalized spacial score (nSPS) is 10.5. The molecule has 0 aromatic carbocycles. The molecule has 7 heteroatoms. The maximum atomic E-state index is 8.29. The van der Waals surface area contributed by atoms with Crippen LogP contribution in [-0.2, 0) is 18.9 Å². The summed E-state index contributed by atoms with van der Waals surface area (Å²) in [5.74, 6) is 0. The number of hydrogen-bond acceptors (Lipinski definition) is 6. The second kappa shape index (κ2) is 10.9. The Morgan fingerprint density at radius 1 is 0.857 bits per heavy atom. The smallest absolute Gasteiger partial charge is 0.402 e. The second-order valence-electron chi connectivity index (χ2n) is 2.41. The summed E-state index contributed by atoms with van der Waals surface area (Å²) in [6, 6.07) is 0. The Bertz CT molecular complexity index is 112. The Balaban J connectivity index is 2.85. The zero-order valence-corrected chi connectivity index (χ0v) is 8.35. The summed E-state index contributed by atoms with van der Waals surface area (Å²) in [5, 5.41) is 16.6. The third-order valence-corrected chi connectivity index (χ3v) is 1.30. The predicted octanol–water partition coefficient (Wildman–Crippen LogP) is -1.35. The van der Waals surface area contributed by atoms with E-state index < -0.39 is 7.32 Å². The summed E-state index contributed by atoms with van der Waals surface area (Å²) in [7, 11) is -0.117. The first-order valence-corrected chi connectivity index (χ1v) is 4.39. The highest BCUT2D eigenvalue weighted by atomic mass is 16.6. The Morgan fingerprint density at radius 2 is 1.36 bits per heavy atom. The molecule has 2 N–H and O–H groups in total. The molecule has 0 rings (SSSR count). The zero-order chi connectivity index (χ0) is 10.6. The van der Waals surface area contributed by atoms with Gasteiger partial charge in [-0.1, -0.05) is 0 Å². The molecule has 0 radical (unpaired) electrons. The predicted molar refractivity (Wildman–Crippen MR) is 49.7 cm³/mol. The molecule has 0 aliphatic heterocycles. The highest BCUT2D eigenvalue weighted by Gasteiger charge is 2.06. The van der Waals surface area contributed by atoms with Crippen molar-refractivity contribution in [3.8, 4) is 0 Å². The molecule has 14 heavy (non-hydrogen) atoms. The maximum absolute atomic E-state index is 8.29. The third-order valence-electron chi connectivity index (χ3n) is 1.30. The van der Waals surface area contributed by atoms with Gasteiger partial charge in [0.25, 0.3) is 0 Å². The maximum Gasteiger partial charge on any atom is 0.633 e. The van der Waals surface area contributed by atoms with Gasteiger partial charge in [-0.2, -0.15) is 0 Å². The minimum Gasteiger partial charge on any atom is -0.402 e. The molecule has 84 valence electrons. The summed E-state index contributed by atoms with van der Waals surface area (Å²) in [6.45, 7) is 2.52. The van der Waals surface area contributed by atoms with Gasteiger partial charge >= 0.3 is 7.32 Å². The van der Waals surface area contributed by atoms with E-state index in [0.29, 0.717) is 33.0 Å². The standard InChI is InChI=1S/C7H17BO6/c1-11-2-3-12-4-5-13-6-7-14-8(9)10/h9-10H,2-7H2,1H3. The van der Waals surface area contributed by atoms with Crippen LogP contribution < -0.4 is 0 Å². The Kier molecular flexibility index (Phi) is 10.8. The van der Waals surface area contributed by atoms with Crippen LogP contribution in [0, 0.1) is 0 Å². The lowest BCUT2D eigenvalue weighted by Gasteiger charge is -2.05. The van der Waals surface area contributed by atoms with Crippen LogP contribution in [0.2, 0.25) is 0 Å². The van der Waals surface area contributed by atoms with Gasteiger partial charge in [0.05, 0.1) is 39.6 Å². The van der Waals surface area contributed by atoms with Crippen LogP contribution in [0.4, 0.5) is 0 Å². The lowest BCUT2D eigenvalue weighted by molar-refractivity contribution is 0.0140. The van der Waals surface area contributed by atoms with Crippen molar-refractivity contribution >= 4 is 7.32 Å². The van der Waals surface area contributed by atoms with Crippen molar-refractivity contribution in [2.24, 2.45) is 0 Å². The number of methoxy groups -OCH3 is 1. The number of ether oxygens (including phenoxy) is 3. The summed E-state index contributed by atoms with van der Waals surface area (Å²) in [6.07, 6.45) is 0. The van der Waals surface area contributed by atoms with E-state index in [1.807, 2.05) is 0 Å². The van der Waals surface area contributed by atoms with Crippen molar-refractivity contribution in [1.29, 1.82) is 0 Å². The second-order valence-corrected chi connectivity index (χ2v) is 2.41. The van der Waals surface area contributed by atoms with Crippen LogP contribution in [0.25, 0.3) is 0 Å². The fourth-order valence-electron chi connectivity index (χ4n) is 0.677. The minimum atomic E-state index is -1.73. The largest absolute Gasteiger partial charge is 0.633 e. The van der Waals surface area contributed by atoms with E-state index >= 15 is 0 Å². The molecule has 0 saturated heterocycles. The molecule has 0 heterocycles. The topological polar surface area (TPSA) is 77.4 Å². The van der Waals surface area contributed by atoms with Crippen molar-refractivity contribution in [3.05, 3.63) is 0 Å². The molecule has 0 aromatic rings. The minimum absolute atomic E-state index is 0.149. The monoisotopic (exact) mass is 208 g/mol. The molecule has 0 amide bonds. The van der Waals surface area contributed by atoms with Gasteiger partial charge in [0.15, 0.2) is 0 Å². The first kappa shape index (κ1) is 13.8. The van der Waals surface area contributed by atoms with E-state index in [-0.39, 0.29) is 6.61 Å². The molecule has 0 fully saturated rings. The lowest BCUT2D eigenvalue weighted by atomic mass is 10.3. The average molecular weight is 208 g/mol. The summed E-state index contributed by atoms with van der Waals surface area (Å²) >= 11 is 0. The van der Waals surface area contributed by atoms with Crippen LogP contribution >= 0.6 is 0 Å². The van der Waals surface area contributed by atoms with Gasteiger partial charge in [0, 0.05) is 7.11 Å². The van der Waals surface area contributed by atoms with Crippen molar-refractivity contribution < 1.29 is 28.9 Å². The molecular weight excluding hydrogens is 191 g/mol. The van der Waals surface area contributed by atoms with E-state index in [1.165, 1.54) is 0 Å². The van der Waals surface area contributed by atoms with Crippen molar-refractivity contribution in [3.63, 3.8) is 0 Å². The Hall–Kier alpha value is -0.175. The molecule has 0 atom stereocenters. The van der Waals surface area contributed by atoms with Gasteiger partial charge in [0.2, 0.25) is 0 Å². The molecule has 6 nitrogen and oxygen atoms in total. The zero-order valence-electron chi connectivity index (χ0n) is 8.35. The van der Waals surface area contributed by atoms with Crippen LogP contribution in [0.15, 0.2) is 0 Å². The fraction of sp³-hybridized carbons (Fsp3) is 1.00. The molecule has 0 aromatic heterocycles. The molecule has 0 aliphatic rings. The molecule has 0 spiro atoms. The Morgan fingerprint density at radius 3 is 1.86 bits per heavy atom. The molecular formula is C7H17BO6. The van der Waals surface area contributed by atoms with Crippen molar-refractivity contribution in [2.45, 2.75) is 0 Å². The molecule has 0 unspecified atom stereocenters. The van der Waals surface area contributed by atoms with E-state index in [2.05, 4.69) is 4.65 Å². The van der Waals surface area contributed by atoms with Crippen molar-refractivity contribution in [1.82, 2.24) is 0 Å². The van der Waals surface area contributed by atoms with Gasteiger partial charge < -0.3 is 28.9 Å². The fourth-order valence-corrected chi connectivity index (χ4v) is 0.677. The van der Waals surface area contributed by atoms with E-state index in [0.717, 1.165) is 0 Å². The summed E-state index contributed by atoms with van der Waals surface area (Å²) < 4.78 is 19.3. The average Bonchev–Trinajstić information content (AvgIpc) is 2.15. The molecule has 0 saturated carbocycles. The quantitative estimate of drug-likeness (QED) is 0.341. The van der Waals surface area contributed by atoms with E-state index in [4.69, 9.17) is 24.3 Å². The van der Waals surface area contributed by atoms with Crippen molar-refractivity contribution in [2.75, 3.05) is 46.8 Å². The van der Waals surface area contributed by atoms with Crippen LogP contribution in [0.1, 0.15) is 0 Å². The highest BCUT2D eigenvalue weighted by molar-refractivity contribution is 6.32. The van der Waals surface area contributed by atoms with Crippen LogP contribution in [0.5, 0.6) is 0 Å². The van der Waals surface area contributed by atoms with Gasteiger partial charge in [-0.25, -0.2) is 0 Å². The SMILES string of the molecule is COCCOCCOCCOB(O)O. The van der Waals surface area contributed by atoms with E-state index in [9.17, 15) is 0 Å². The van der Waals surface area contributed by atoms with Crippen LogP contribution in [0.3, 0.4) is 0 Å². The lowest BCUT2D eigenvalue weighted by Crippen LogP contribution is -2.20. The highest BCUT2D eigenvalue weighted by Crippen LogP contribution is 1.81. The van der Waals surface area contributed by atoms with Gasteiger partial charge in [-0.3, -0.25) is 0 Å². The van der Waals surface area contributed by atoms with Gasteiger partial charge in [0.1, 0.15) is 0 Å².